The van der Waals surface area contributed by atoms with Gasteiger partial charge in [-0.3, -0.25) is 91.1 Å². The standard InChI is InChI=1S/C86H119N21O24S/c1-7-9-19-64-79(124)98-60(36-88)77(122)101-62(74(119)92-38-69(90)112)43-132-44-70(113)93-56(30-46-23-25-49(109)26-24-46)82(127)102(4)45(3)73(118)96-58(34-71(114)115)85(130)106-29-15-22-65(106)80(125)99-59(35-87)76(121)94-54(27-28-68(89)111)84(129)107-40-50(110)33-67(107)81(126)95-55(31-47-37-91-53-18-13-11-16-51(47)53)75(120)100-61(42-108)78(123)97-57(83(128)104(6)66(20-10-8-2)86(131)103(64)5)32-48-39-105(41-72(116)117)63-21-14-12-17-52(48)63/h11-14,16-18,21,23-26,37,39,45,50,54-62,64-67,91,108-110H,7-10,15,19-20,22,27-36,38,40-44,87-88H2,1-6H3,(H2,89,111)(H2,90,112)(H,92,119)(H,93,113)(H,94,121)(H,95,126)(H,96,118)(H,97,123)(H,98,124)(H,99,125)(H,100,120)(H,101,122)(H,114,115)(H,116,117)/t45-,50+,54-,55-,56-,57-,58+,59-,60-,61-,62-,64-,65-,66-,67-/m0/s1. The van der Waals surface area contributed by atoms with Gasteiger partial charge in [0.25, 0.3) is 0 Å². The number of carbonyl (C=O) groups is 19. The van der Waals surface area contributed by atoms with E-state index in [-0.39, 0.29) is 62.8 Å². The Morgan fingerprint density at radius 2 is 1.08 bits per heavy atom. The number of hydrogen-bond acceptors (Lipinski definition) is 25. The summed E-state index contributed by atoms with van der Waals surface area (Å²) in [6.07, 6.45) is -1.14. The van der Waals surface area contributed by atoms with Gasteiger partial charge in [-0.25, -0.2) is 0 Å². The van der Waals surface area contributed by atoms with Crippen molar-refractivity contribution in [2.75, 3.05) is 72.0 Å². The fourth-order valence-corrected chi connectivity index (χ4v) is 16.8. The molecule has 15 atom stereocenters. The molecule has 0 saturated carbocycles. The van der Waals surface area contributed by atoms with Gasteiger partial charge >= 0.3 is 11.9 Å². The number of carboxylic acid groups (broad SMARTS) is 2. The molecule has 2 aromatic heterocycles. The third kappa shape index (κ3) is 28.1. The maximum Gasteiger partial charge on any atom is 0.323 e. The lowest BCUT2D eigenvalue weighted by Gasteiger charge is -2.36. The van der Waals surface area contributed by atoms with Gasteiger partial charge in [-0.15, -0.1) is 11.8 Å². The first-order chi connectivity index (χ1) is 62.7. The lowest BCUT2D eigenvalue weighted by atomic mass is 10.00. The van der Waals surface area contributed by atoms with Gasteiger partial charge < -0.3 is 136 Å². The van der Waals surface area contributed by atoms with Gasteiger partial charge in [0.15, 0.2) is 0 Å². The smallest absolute Gasteiger partial charge is 0.323 e. The number of para-hydroxylation sites is 2. The molecule has 0 aliphatic carbocycles. The molecule has 132 heavy (non-hydrogen) atoms. The number of phenolic OH excluding ortho intramolecular Hbond substituents is 1. The molecule has 17 amide bonds. The molecule has 0 spiro atoms. The SMILES string of the molecule is CCCC[C@H]1C(=O)N(C)[C@@H](CCCC)C(=O)N[C@@H](CN)C(=O)N[C@H](C(=O)NCC(N)=O)CSCC(=O)N[C@@H](Cc2ccc(O)cc2)C(=O)N(C)[C@@H](C)C(=O)N[C@H](CC(=O)O)C(=O)N2CCC[C@H]2C(=O)N[C@@H](CN)C(=O)N[C@@H](CCC(N)=O)C(=O)N2C[C@H](O)C[C@H]2C(=O)N[C@@H](Cc2c[nH]c3ccccc23)C(=O)N[C@@H](CO)C(=O)N[C@@H](Cc2cn(CC(=O)O)c3ccccc23)C(=O)N1C. The number of nitrogens with zero attached hydrogens (tertiary/aromatic N) is 6. The molecule has 0 unspecified atom stereocenters. The minimum Gasteiger partial charge on any atom is -0.508 e. The second kappa shape index (κ2) is 49.1. The zero-order chi connectivity index (χ0) is 97.1. The second-order valence-corrected chi connectivity index (χ2v) is 33.9. The van der Waals surface area contributed by atoms with Crippen molar-refractivity contribution in [3.8, 4) is 5.75 Å². The number of likely N-dealkylation sites (N-methyl/N-ethyl adjacent to an activating group) is 3. The molecule has 3 aromatic carbocycles. The van der Waals surface area contributed by atoms with Crippen molar-refractivity contribution in [1.29, 1.82) is 0 Å². The van der Waals surface area contributed by atoms with E-state index in [9.17, 15) is 87.9 Å². The van der Waals surface area contributed by atoms with Crippen molar-refractivity contribution < 1.29 is 117 Å². The number of benzene rings is 3. The number of amides is 17. The average Bonchev–Trinajstić information content (AvgIpc) is 1.69. The van der Waals surface area contributed by atoms with E-state index in [1.165, 1.54) is 62.2 Å². The van der Waals surface area contributed by atoms with Crippen LogP contribution in [0.1, 0.15) is 115 Å². The third-order valence-electron chi connectivity index (χ3n) is 23.3. The van der Waals surface area contributed by atoms with E-state index in [2.05, 4.69) is 58.2 Å². The van der Waals surface area contributed by atoms with Gasteiger partial charge in [-0.1, -0.05) is 88.1 Å². The molecular formula is C86H119N21O24S. The number of nitrogens with two attached hydrogens (primary N) is 4. The number of aliphatic carboxylic acids is 2. The number of carboxylic acids is 2. The molecule has 3 aliphatic rings. The first-order valence-electron chi connectivity index (χ1n) is 43.3. The Balaban J connectivity index is 1.19. The van der Waals surface area contributed by atoms with Gasteiger partial charge in [-0.2, -0.15) is 0 Å². The molecule has 3 saturated heterocycles. The van der Waals surface area contributed by atoms with Crippen LogP contribution in [0.4, 0.5) is 0 Å². The molecular weight excluding hydrogens is 1740 g/mol. The van der Waals surface area contributed by atoms with Gasteiger partial charge in [0.2, 0.25) is 100 Å². The third-order valence-corrected chi connectivity index (χ3v) is 24.3. The van der Waals surface area contributed by atoms with Crippen LogP contribution in [0.15, 0.2) is 85.2 Å². The van der Waals surface area contributed by atoms with Crippen molar-refractivity contribution in [1.82, 2.24) is 87.2 Å². The number of thioether (sulfide) groups is 1. The summed E-state index contributed by atoms with van der Waals surface area (Å²) in [5.74, 6) is -21.8. The largest absolute Gasteiger partial charge is 0.508 e. The van der Waals surface area contributed by atoms with Crippen LogP contribution in [0.3, 0.4) is 0 Å². The van der Waals surface area contributed by atoms with E-state index in [1.807, 2.05) is 0 Å². The van der Waals surface area contributed by atoms with E-state index >= 15 is 28.8 Å². The summed E-state index contributed by atoms with van der Waals surface area (Å²) in [6, 6.07) is -4.85. The number of nitrogens with one attached hydrogen (secondary N) is 11. The predicted molar refractivity (Wildman–Crippen MR) is 475 cm³/mol. The van der Waals surface area contributed by atoms with Crippen molar-refractivity contribution in [3.05, 3.63) is 102 Å². The number of hydrogen-bond donors (Lipinski definition) is 20. The fourth-order valence-electron chi connectivity index (χ4n) is 15.9. The number of aliphatic hydroxyl groups excluding tert-OH is 2. The number of H-pyrrole nitrogens is 1. The molecule has 46 heteroatoms. The number of primary amides is 2. The van der Waals surface area contributed by atoms with E-state index < -0.39 is 292 Å². The van der Waals surface area contributed by atoms with Gasteiger partial charge in [0.1, 0.15) is 96.9 Å². The van der Waals surface area contributed by atoms with E-state index in [4.69, 9.17) is 22.9 Å². The summed E-state index contributed by atoms with van der Waals surface area (Å²) < 4.78 is 1.38. The topological polar surface area (TPSA) is 687 Å². The van der Waals surface area contributed by atoms with E-state index in [0.29, 0.717) is 45.8 Å². The summed E-state index contributed by atoms with van der Waals surface area (Å²) in [4.78, 5) is 279. The zero-order valence-corrected chi connectivity index (χ0v) is 74.9. The second-order valence-electron chi connectivity index (χ2n) is 32.8. The molecule has 3 fully saturated rings. The zero-order valence-electron chi connectivity index (χ0n) is 74.1. The van der Waals surface area contributed by atoms with Gasteiger partial charge in [0, 0.05) is 119 Å². The normalized spacial score (nSPS) is 25.0. The molecule has 0 bridgehead atoms. The van der Waals surface area contributed by atoms with Crippen LogP contribution in [-0.2, 0) is 117 Å². The number of fused-ring (bicyclic) bond motifs is 4. The average molecular weight is 1860 g/mol. The number of aliphatic hydroxyl groups is 2. The van der Waals surface area contributed by atoms with Crippen LogP contribution in [0.25, 0.3) is 21.8 Å². The van der Waals surface area contributed by atoms with Crippen molar-refractivity contribution in [2.45, 2.75) is 214 Å². The van der Waals surface area contributed by atoms with Crippen LogP contribution < -0.4 is 76.1 Å². The maximum absolute atomic E-state index is 15.8. The fraction of sp³-hybridized carbons (Fsp3) is 0.523. The minimum absolute atomic E-state index is 0.0666. The quantitative estimate of drug-likeness (QED) is 0.0259. The van der Waals surface area contributed by atoms with E-state index in [1.54, 1.807) is 62.4 Å². The summed E-state index contributed by atoms with van der Waals surface area (Å²) in [7, 11) is 3.70. The number of aromatic hydroxyl groups is 1. The Kier molecular flexibility index (Phi) is 38.7. The molecule has 0 radical (unpaired) electrons. The number of rotatable bonds is 25. The molecule has 8 rings (SSSR count). The molecule has 5 heterocycles. The van der Waals surface area contributed by atoms with Crippen LogP contribution >= 0.6 is 11.8 Å². The monoisotopic (exact) mass is 1860 g/mol. The van der Waals surface area contributed by atoms with Crippen LogP contribution in [0.5, 0.6) is 5.75 Å². The highest BCUT2D eigenvalue weighted by atomic mass is 32.2. The van der Waals surface area contributed by atoms with Crippen LogP contribution in [0.2, 0.25) is 0 Å². The lowest BCUT2D eigenvalue weighted by Crippen LogP contribution is -2.62. The summed E-state index contributed by atoms with van der Waals surface area (Å²) in [5.41, 5.74) is 25.3. The lowest BCUT2D eigenvalue weighted by molar-refractivity contribution is -0.149. The van der Waals surface area contributed by atoms with E-state index in [0.717, 1.165) is 43.3 Å². The number of aromatic amines is 1. The van der Waals surface area contributed by atoms with Crippen molar-refractivity contribution in [3.63, 3.8) is 0 Å². The highest BCUT2D eigenvalue weighted by Crippen LogP contribution is 2.28. The Labute approximate surface area is 763 Å². The molecule has 3 aliphatic heterocycles. The molecule has 24 N–H and O–H groups in total. The minimum atomic E-state index is -2.00. The predicted octanol–water partition coefficient (Wildman–Crippen LogP) is -5.86. The van der Waals surface area contributed by atoms with Crippen molar-refractivity contribution in [2.24, 2.45) is 22.9 Å². The van der Waals surface area contributed by atoms with Gasteiger partial charge in [-0.05, 0) is 80.0 Å². The Morgan fingerprint density at radius 3 is 1.72 bits per heavy atom. The van der Waals surface area contributed by atoms with Crippen LogP contribution in [0, 0.1) is 0 Å². The summed E-state index contributed by atoms with van der Waals surface area (Å²) in [5, 5.41) is 78.8. The number of carbonyl (C=O) groups excluding carboxylic acids is 17. The van der Waals surface area contributed by atoms with Crippen LogP contribution in [-0.4, -0.2) is 335 Å². The molecule has 718 valence electrons. The number of phenols is 1. The Morgan fingerprint density at radius 1 is 0.538 bits per heavy atom. The summed E-state index contributed by atoms with van der Waals surface area (Å²) in [6.45, 7) is 0.111. The molecule has 45 nitrogen and oxygen atoms in total. The number of aromatic nitrogens is 2. The highest BCUT2D eigenvalue weighted by molar-refractivity contribution is 8.00. The van der Waals surface area contributed by atoms with Gasteiger partial charge in [0.05, 0.1) is 31.4 Å². The Hall–Kier alpha value is -13.3. The number of unbranched alkanes of at least 4 members (excludes halogenated alkanes) is 2. The summed E-state index contributed by atoms with van der Waals surface area (Å²) >= 11 is 0.719. The maximum atomic E-state index is 15.8. The Bertz CT molecular complexity index is 5050. The first-order valence-corrected chi connectivity index (χ1v) is 44.5. The highest BCUT2D eigenvalue weighted by Gasteiger charge is 2.47. The van der Waals surface area contributed by atoms with Crippen molar-refractivity contribution >= 4 is 146 Å². The molecule has 5 aromatic rings. The first kappa shape index (κ1) is 104.